The van der Waals surface area contributed by atoms with Gasteiger partial charge in [-0.25, -0.2) is 5.90 Å². The Balaban J connectivity index is 2.31. The molecule has 78 valence electrons. The SMILES string of the molecule is CN1CC(OC(F)F)CC1CON. The molecule has 6 heteroatoms. The Labute approximate surface area is 75.5 Å². The van der Waals surface area contributed by atoms with Crippen LogP contribution in [0.15, 0.2) is 0 Å². The second-order valence-electron chi connectivity index (χ2n) is 3.18. The largest absolute Gasteiger partial charge is 0.345 e. The van der Waals surface area contributed by atoms with E-state index < -0.39 is 12.7 Å². The van der Waals surface area contributed by atoms with Crippen molar-refractivity contribution in [1.29, 1.82) is 0 Å². The molecule has 1 saturated heterocycles. The molecule has 2 atom stereocenters. The lowest BCUT2D eigenvalue weighted by molar-refractivity contribution is -0.158. The Morgan fingerprint density at radius 1 is 1.62 bits per heavy atom. The molecule has 0 spiro atoms. The summed E-state index contributed by atoms with van der Waals surface area (Å²) in [4.78, 5) is 6.37. The monoisotopic (exact) mass is 196 g/mol. The first-order chi connectivity index (χ1) is 6.13. The number of likely N-dealkylation sites (tertiary alicyclic amines) is 1. The fraction of sp³-hybridized carbons (Fsp3) is 1.00. The van der Waals surface area contributed by atoms with E-state index in [-0.39, 0.29) is 6.04 Å². The zero-order valence-electron chi connectivity index (χ0n) is 7.45. The summed E-state index contributed by atoms with van der Waals surface area (Å²) in [6.45, 7) is -1.85. The number of rotatable bonds is 4. The number of hydrogen-bond donors (Lipinski definition) is 1. The maximum absolute atomic E-state index is 11.8. The topological polar surface area (TPSA) is 47.7 Å². The van der Waals surface area contributed by atoms with Crippen LogP contribution >= 0.6 is 0 Å². The van der Waals surface area contributed by atoms with Gasteiger partial charge in [-0.2, -0.15) is 8.78 Å². The third kappa shape index (κ3) is 3.15. The van der Waals surface area contributed by atoms with E-state index in [0.717, 1.165) is 0 Å². The number of likely N-dealkylation sites (N-methyl/N-ethyl adjacent to an activating group) is 1. The van der Waals surface area contributed by atoms with Gasteiger partial charge in [0.25, 0.3) is 0 Å². The zero-order chi connectivity index (χ0) is 9.84. The molecule has 0 aromatic rings. The van der Waals surface area contributed by atoms with Crippen LogP contribution in [0.2, 0.25) is 0 Å². The normalized spacial score (nSPS) is 30.2. The number of nitrogens with two attached hydrogens (primary N) is 1. The van der Waals surface area contributed by atoms with Crippen LogP contribution < -0.4 is 5.90 Å². The Hall–Kier alpha value is -0.300. The Kier molecular flexibility index (Phi) is 3.98. The third-order valence-corrected chi connectivity index (χ3v) is 2.23. The Morgan fingerprint density at radius 3 is 2.85 bits per heavy atom. The van der Waals surface area contributed by atoms with Crippen molar-refractivity contribution in [3.63, 3.8) is 0 Å². The van der Waals surface area contributed by atoms with Crippen molar-refractivity contribution in [2.24, 2.45) is 5.90 Å². The molecule has 1 rings (SSSR count). The third-order valence-electron chi connectivity index (χ3n) is 2.23. The van der Waals surface area contributed by atoms with Crippen LogP contribution in [-0.2, 0) is 9.57 Å². The highest BCUT2D eigenvalue weighted by Gasteiger charge is 2.31. The van der Waals surface area contributed by atoms with E-state index >= 15 is 0 Å². The van der Waals surface area contributed by atoms with Gasteiger partial charge in [-0.15, -0.1) is 0 Å². The first-order valence-corrected chi connectivity index (χ1v) is 4.09. The first-order valence-electron chi connectivity index (χ1n) is 4.09. The Bertz CT molecular complexity index is 159. The lowest BCUT2D eigenvalue weighted by atomic mass is 10.2. The van der Waals surface area contributed by atoms with Gasteiger partial charge in [0, 0.05) is 12.6 Å². The summed E-state index contributed by atoms with van der Waals surface area (Å²) in [5, 5.41) is 0. The van der Waals surface area contributed by atoms with Gasteiger partial charge in [0.1, 0.15) is 0 Å². The molecular weight excluding hydrogens is 182 g/mol. The minimum absolute atomic E-state index is 0.0775. The molecule has 0 aromatic carbocycles. The van der Waals surface area contributed by atoms with Crippen LogP contribution in [0.3, 0.4) is 0 Å². The molecular formula is C7H14F2N2O2. The van der Waals surface area contributed by atoms with Crippen molar-refractivity contribution in [3.05, 3.63) is 0 Å². The lowest BCUT2D eigenvalue weighted by Gasteiger charge is -2.16. The highest BCUT2D eigenvalue weighted by molar-refractivity contribution is 4.83. The molecule has 0 aromatic heterocycles. The summed E-state index contributed by atoms with van der Waals surface area (Å²) in [6.07, 6.45) is 0.128. The van der Waals surface area contributed by atoms with E-state index in [2.05, 4.69) is 9.57 Å². The van der Waals surface area contributed by atoms with Gasteiger partial charge in [0.05, 0.1) is 12.7 Å². The average Bonchev–Trinajstić information content (AvgIpc) is 2.31. The second-order valence-corrected chi connectivity index (χ2v) is 3.18. The Morgan fingerprint density at radius 2 is 2.31 bits per heavy atom. The van der Waals surface area contributed by atoms with Crippen LogP contribution in [0.4, 0.5) is 8.78 Å². The van der Waals surface area contributed by atoms with E-state index in [1.165, 1.54) is 0 Å². The van der Waals surface area contributed by atoms with Gasteiger partial charge in [-0.3, -0.25) is 4.90 Å². The molecule has 0 saturated carbocycles. The van der Waals surface area contributed by atoms with E-state index in [4.69, 9.17) is 5.90 Å². The fourth-order valence-electron chi connectivity index (χ4n) is 1.58. The summed E-state index contributed by atoms with van der Waals surface area (Å²) >= 11 is 0. The fourth-order valence-corrected chi connectivity index (χ4v) is 1.58. The summed E-state index contributed by atoms with van der Waals surface area (Å²) in [6, 6.07) is 0.0775. The van der Waals surface area contributed by atoms with Crippen molar-refractivity contribution in [2.45, 2.75) is 25.2 Å². The van der Waals surface area contributed by atoms with Crippen LogP contribution in [0.25, 0.3) is 0 Å². The molecule has 1 fully saturated rings. The molecule has 0 bridgehead atoms. The van der Waals surface area contributed by atoms with Crippen LogP contribution in [0.5, 0.6) is 0 Å². The van der Waals surface area contributed by atoms with Gasteiger partial charge in [0.15, 0.2) is 0 Å². The van der Waals surface area contributed by atoms with Gasteiger partial charge in [-0.05, 0) is 13.5 Å². The number of ether oxygens (including phenoxy) is 1. The average molecular weight is 196 g/mol. The van der Waals surface area contributed by atoms with Crippen molar-refractivity contribution in [2.75, 3.05) is 20.2 Å². The van der Waals surface area contributed by atoms with Crippen molar-refractivity contribution in [1.82, 2.24) is 4.90 Å². The maximum atomic E-state index is 11.8. The van der Waals surface area contributed by atoms with Gasteiger partial charge in [-0.1, -0.05) is 0 Å². The molecule has 1 aliphatic rings. The predicted molar refractivity (Wildman–Crippen MR) is 42.1 cm³/mol. The molecule has 1 aliphatic heterocycles. The molecule has 0 aliphatic carbocycles. The summed E-state index contributed by atoms with van der Waals surface area (Å²) < 4.78 is 28.0. The minimum atomic E-state index is -2.70. The quantitative estimate of drug-likeness (QED) is 0.652. The molecule has 2 unspecified atom stereocenters. The van der Waals surface area contributed by atoms with Crippen LogP contribution in [-0.4, -0.2) is 43.9 Å². The van der Waals surface area contributed by atoms with Gasteiger partial charge < -0.3 is 9.57 Å². The predicted octanol–water partition coefficient (Wildman–Crippen LogP) is 0.189. The number of halogens is 2. The standard InChI is InChI=1S/C7H14F2N2O2/c1-11-3-6(13-7(8)9)2-5(11)4-12-10/h5-7H,2-4,10H2,1H3. The number of hydrogen-bond acceptors (Lipinski definition) is 4. The smallest absolute Gasteiger partial charge is 0.318 e. The van der Waals surface area contributed by atoms with E-state index in [1.807, 2.05) is 11.9 Å². The summed E-state index contributed by atoms with van der Waals surface area (Å²) in [5.41, 5.74) is 0. The number of nitrogens with zero attached hydrogens (tertiary/aromatic N) is 1. The maximum Gasteiger partial charge on any atom is 0.345 e. The van der Waals surface area contributed by atoms with Gasteiger partial charge >= 0.3 is 6.61 Å². The van der Waals surface area contributed by atoms with E-state index in [1.54, 1.807) is 0 Å². The van der Waals surface area contributed by atoms with Crippen molar-refractivity contribution >= 4 is 0 Å². The van der Waals surface area contributed by atoms with E-state index in [0.29, 0.717) is 19.6 Å². The van der Waals surface area contributed by atoms with Crippen molar-refractivity contribution in [3.8, 4) is 0 Å². The second kappa shape index (κ2) is 4.80. The summed E-state index contributed by atoms with van der Waals surface area (Å²) in [5.74, 6) is 4.90. The molecule has 4 nitrogen and oxygen atoms in total. The van der Waals surface area contributed by atoms with E-state index in [9.17, 15) is 8.78 Å². The summed E-state index contributed by atoms with van der Waals surface area (Å²) in [7, 11) is 1.83. The molecule has 13 heavy (non-hydrogen) atoms. The minimum Gasteiger partial charge on any atom is -0.318 e. The van der Waals surface area contributed by atoms with Crippen molar-refractivity contribution < 1.29 is 18.4 Å². The van der Waals surface area contributed by atoms with Crippen LogP contribution in [0.1, 0.15) is 6.42 Å². The molecule has 0 amide bonds. The highest BCUT2D eigenvalue weighted by Crippen LogP contribution is 2.20. The first kappa shape index (κ1) is 10.8. The lowest BCUT2D eigenvalue weighted by Crippen LogP contribution is -2.30. The van der Waals surface area contributed by atoms with Gasteiger partial charge in [0.2, 0.25) is 0 Å². The number of alkyl halides is 2. The zero-order valence-corrected chi connectivity index (χ0v) is 7.45. The molecule has 2 N–H and O–H groups in total. The molecule has 1 heterocycles. The van der Waals surface area contributed by atoms with Crippen LogP contribution in [0, 0.1) is 0 Å². The highest BCUT2D eigenvalue weighted by atomic mass is 19.3. The molecule has 0 radical (unpaired) electrons.